The molecule has 0 fully saturated rings. The van der Waals surface area contributed by atoms with Crippen LogP contribution in [-0.2, 0) is 6.42 Å². The first-order chi connectivity index (χ1) is 10.3. The monoisotopic (exact) mass is 298 g/mol. The molecule has 1 N–H and O–H groups in total. The van der Waals surface area contributed by atoms with E-state index in [4.69, 9.17) is 4.74 Å². The molecule has 0 saturated carbocycles. The number of methoxy groups -OCH3 is 1. The predicted octanol–water partition coefficient (Wildman–Crippen LogP) is 4.35. The van der Waals surface area contributed by atoms with Crippen molar-refractivity contribution in [2.45, 2.75) is 19.4 Å². The van der Waals surface area contributed by atoms with Crippen LogP contribution in [0.4, 0.5) is 5.82 Å². The van der Waals surface area contributed by atoms with Crippen LogP contribution in [0.1, 0.15) is 12.5 Å². The zero-order chi connectivity index (χ0) is 14.7. The summed E-state index contributed by atoms with van der Waals surface area (Å²) in [6.45, 7) is 2.18. The highest BCUT2D eigenvalue weighted by Gasteiger charge is 2.09. The SMILES string of the molecule is COc1cccc2c(NC(C)Cc3ccsc3)nccc12. The van der Waals surface area contributed by atoms with Gasteiger partial charge in [0.25, 0.3) is 0 Å². The second kappa shape index (κ2) is 6.14. The minimum Gasteiger partial charge on any atom is -0.496 e. The fraction of sp³-hybridized carbons (Fsp3) is 0.235. The summed E-state index contributed by atoms with van der Waals surface area (Å²) in [6, 6.07) is 10.5. The first-order valence-electron chi connectivity index (χ1n) is 6.97. The van der Waals surface area contributed by atoms with Gasteiger partial charge in [-0.1, -0.05) is 12.1 Å². The lowest BCUT2D eigenvalue weighted by molar-refractivity contribution is 0.420. The number of nitrogens with one attached hydrogen (secondary N) is 1. The van der Waals surface area contributed by atoms with Gasteiger partial charge < -0.3 is 10.1 Å². The highest BCUT2D eigenvalue weighted by molar-refractivity contribution is 7.07. The smallest absolute Gasteiger partial charge is 0.134 e. The molecule has 0 aliphatic carbocycles. The van der Waals surface area contributed by atoms with E-state index in [0.717, 1.165) is 28.8 Å². The molecule has 0 spiro atoms. The minimum absolute atomic E-state index is 0.323. The molecule has 0 amide bonds. The van der Waals surface area contributed by atoms with E-state index in [1.54, 1.807) is 18.4 Å². The van der Waals surface area contributed by atoms with Gasteiger partial charge in [-0.25, -0.2) is 4.98 Å². The van der Waals surface area contributed by atoms with Crippen molar-refractivity contribution in [3.63, 3.8) is 0 Å². The molecule has 21 heavy (non-hydrogen) atoms. The molecule has 0 saturated heterocycles. The Morgan fingerprint density at radius 1 is 1.24 bits per heavy atom. The average molecular weight is 298 g/mol. The van der Waals surface area contributed by atoms with Crippen LogP contribution in [0.15, 0.2) is 47.3 Å². The Bertz CT molecular complexity index is 725. The molecule has 3 rings (SSSR count). The van der Waals surface area contributed by atoms with E-state index < -0.39 is 0 Å². The van der Waals surface area contributed by atoms with Gasteiger partial charge in [-0.2, -0.15) is 11.3 Å². The summed E-state index contributed by atoms with van der Waals surface area (Å²) in [7, 11) is 1.70. The summed E-state index contributed by atoms with van der Waals surface area (Å²) >= 11 is 1.74. The molecule has 0 aliphatic rings. The van der Waals surface area contributed by atoms with Gasteiger partial charge in [0.1, 0.15) is 11.6 Å². The normalized spacial score (nSPS) is 12.3. The summed E-state index contributed by atoms with van der Waals surface area (Å²) in [6.07, 6.45) is 2.82. The third-order valence-corrected chi connectivity index (χ3v) is 4.22. The first-order valence-corrected chi connectivity index (χ1v) is 7.91. The molecule has 2 heterocycles. The number of pyridine rings is 1. The Morgan fingerprint density at radius 3 is 2.90 bits per heavy atom. The van der Waals surface area contributed by atoms with E-state index >= 15 is 0 Å². The highest BCUT2D eigenvalue weighted by Crippen LogP contribution is 2.29. The second-order valence-electron chi connectivity index (χ2n) is 5.10. The van der Waals surface area contributed by atoms with Crippen molar-refractivity contribution in [3.8, 4) is 5.75 Å². The number of ether oxygens (including phenoxy) is 1. The van der Waals surface area contributed by atoms with Crippen molar-refractivity contribution < 1.29 is 4.74 Å². The fourth-order valence-electron chi connectivity index (χ4n) is 2.52. The number of fused-ring (bicyclic) bond motifs is 1. The van der Waals surface area contributed by atoms with E-state index in [0.29, 0.717) is 6.04 Å². The Morgan fingerprint density at radius 2 is 2.14 bits per heavy atom. The predicted molar refractivity (Wildman–Crippen MR) is 89.4 cm³/mol. The Hall–Kier alpha value is -2.07. The largest absolute Gasteiger partial charge is 0.496 e. The zero-order valence-electron chi connectivity index (χ0n) is 12.2. The number of hydrogen-bond acceptors (Lipinski definition) is 4. The third kappa shape index (κ3) is 3.00. The molecule has 0 radical (unpaired) electrons. The third-order valence-electron chi connectivity index (χ3n) is 3.49. The van der Waals surface area contributed by atoms with E-state index in [2.05, 4.69) is 40.1 Å². The molecule has 1 atom stereocenters. The van der Waals surface area contributed by atoms with Crippen molar-refractivity contribution >= 4 is 27.9 Å². The molecular weight excluding hydrogens is 280 g/mol. The Balaban J connectivity index is 1.87. The summed E-state index contributed by atoms with van der Waals surface area (Å²) < 4.78 is 5.42. The molecule has 4 heteroatoms. The molecule has 0 bridgehead atoms. The standard InChI is InChI=1S/C17H18N2OS/c1-12(10-13-7-9-21-11-13)19-17-15-4-3-5-16(20-2)14(15)6-8-18-17/h3-9,11-12H,10H2,1-2H3,(H,18,19). The van der Waals surface area contributed by atoms with Crippen LogP contribution in [-0.4, -0.2) is 18.1 Å². The Labute approximate surface area is 128 Å². The van der Waals surface area contributed by atoms with Crippen LogP contribution >= 0.6 is 11.3 Å². The minimum atomic E-state index is 0.323. The van der Waals surface area contributed by atoms with Crippen molar-refractivity contribution in [2.24, 2.45) is 0 Å². The van der Waals surface area contributed by atoms with E-state index in [1.807, 2.05) is 24.4 Å². The molecule has 1 unspecified atom stereocenters. The van der Waals surface area contributed by atoms with Crippen LogP contribution < -0.4 is 10.1 Å². The summed E-state index contributed by atoms with van der Waals surface area (Å²) in [5.74, 6) is 1.79. The van der Waals surface area contributed by atoms with Crippen molar-refractivity contribution in [3.05, 3.63) is 52.9 Å². The quantitative estimate of drug-likeness (QED) is 0.760. The molecule has 3 nitrogen and oxygen atoms in total. The summed E-state index contributed by atoms with van der Waals surface area (Å²) in [5.41, 5.74) is 1.36. The van der Waals surface area contributed by atoms with Crippen LogP contribution in [0.5, 0.6) is 5.75 Å². The van der Waals surface area contributed by atoms with Crippen LogP contribution in [0, 0.1) is 0 Å². The van der Waals surface area contributed by atoms with Crippen molar-refractivity contribution in [1.82, 2.24) is 4.98 Å². The van der Waals surface area contributed by atoms with Gasteiger partial charge in [0, 0.05) is 23.0 Å². The molecule has 108 valence electrons. The van der Waals surface area contributed by atoms with Crippen LogP contribution in [0.2, 0.25) is 0 Å². The number of hydrogen-bond donors (Lipinski definition) is 1. The number of benzene rings is 1. The van der Waals surface area contributed by atoms with Gasteiger partial charge in [-0.15, -0.1) is 0 Å². The zero-order valence-corrected chi connectivity index (χ0v) is 13.0. The van der Waals surface area contributed by atoms with Crippen molar-refractivity contribution in [2.75, 3.05) is 12.4 Å². The topological polar surface area (TPSA) is 34.1 Å². The number of aromatic nitrogens is 1. The average Bonchev–Trinajstić information content (AvgIpc) is 2.99. The number of nitrogens with zero attached hydrogens (tertiary/aromatic N) is 1. The van der Waals surface area contributed by atoms with Gasteiger partial charge in [0.15, 0.2) is 0 Å². The van der Waals surface area contributed by atoms with Gasteiger partial charge in [0.2, 0.25) is 0 Å². The van der Waals surface area contributed by atoms with Crippen LogP contribution in [0.25, 0.3) is 10.8 Å². The lowest BCUT2D eigenvalue weighted by atomic mass is 10.1. The van der Waals surface area contributed by atoms with Gasteiger partial charge in [-0.05, 0) is 47.9 Å². The van der Waals surface area contributed by atoms with Gasteiger partial charge in [-0.3, -0.25) is 0 Å². The maximum absolute atomic E-state index is 5.42. The lowest BCUT2D eigenvalue weighted by Gasteiger charge is -2.16. The van der Waals surface area contributed by atoms with E-state index in [9.17, 15) is 0 Å². The number of rotatable bonds is 5. The number of anilines is 1. The lowest BCUT2D eigenvalue weighted by Crippen LogP contribution is -2.18. The van der Waals surface area contributed by atoms with Crippen molar-refractivity contribution in [1.29, 1.82) is 0 Å². The Kier molecular flexibility index (Phi) is 4.06. The van der Waals surface area contributed by atoms with E-state index in [1.165, 1.54) is 5.56 Å². The van der Waals surface area contributed by atoms with Gasteiger partial charge in [0.05, 0.1) is 7.11 Å². The fourth-order valence-corrected chi connectivity index (χ4v) is 3.20. The number of thiophene rings is 1. The molecule has 1 aromatic carbocycles. The maximum atomic E-state index is 5.42. The summed E-state index contributed by atoms with van der Waals surface area (Å²) in [5, 5.41) is 9.99. The van der Waals surface area contributed by atoms with Gasteiger partial charge >= 0.3 is 0 Å². The first kappa shape index (κ1) is 13.9. The molecule has 2 aromatic heterocycles. The molecule has 0 aliphatic heterocycles. The molecule has 3 aromatic rings. The second-order valence-corrected chi connectivity index (χ2v) is 5.88. The van der Waals surface area contributed by atoms with E-state index in [-0.39, 0.29) is 0 Å². The van der Waals surface area contributed by atoms with Crippen LogP contribution in [0.3, 0.4) is 0 Å². The maximum Gasteiger partial charge on any atom is 0.134 e. The molecular formula is C17H18N2OS. The summed E-state index contributed by atoms with van der Waals surface area (Å²) in [4.78, 5) is 4.49. The highest BCUT2D eigenvalue weighted by atomic mass is 32.1.